The lowest BCUT2D eigenvalue weighted by atomic mass is 10.2. The number of carboxylic acids is 1. The van der Waals surface area contributed by atoms with Gasteiger partial charge in [0.2, 0.25) is 5.76 Å². The molecule has 0 unspecified atom stereocenters. The van der Waals surface area contributed by atoms with E-state index < -0.39 is 5.97 Å². The maximum Gasteiger partial charge on any atom is 0.371 e. The number of furan rings is 1. The molecule has 0 saturated heterocycles. The number of aromatic carboxylic acids is 1. The van der Waals surface area contributed by atoms with Gasteiger partial charge in [0, 0.05) is 11.3 Å². The number of benzene rings is 2. The van der Waals surface area contributed by atoms with Crippen LogP contribution in [0.4, 0.5) is 10.1 Å². The van der Waals surface area contributed by atoms with Gasteiger partial charge in [0.05, 0.1) is 0 Å². The fraction of sp³-hybridized carbons (Fsp3) is 0.0526. The van der Waals surface area contributed by atoms with Crippen molar-refractivity contribution >= 4 is 17.6 Å². The van der Waals surface area contributed by atoms with Crippen LogP contribution >= 0.6 is 0 Å². The number of halogens is 1. The zero-order valence-corrected chi connectivity index (χ0v) is 13.4. The predicted molar refractivity (Wildman–Crippen MR) is 90.8 cm³/mol. The summed E-state index contributed by atoms with van der Waals surface area (Å²) in [4.78, 5) is 22.9. The van der Waals surface area contributed by atoms with E-state index in [9.17, 15) is 14.0 Å². The van der Waals surface area contributed by atoms with Crippen LogP contribution in [0.5, 0.6) is 5.75 Å². The Morgan fingerprint density at radius 1 is 1.00 bits per heavy atom. The summed E-state index contributed by atoms with van der Waals surface area (Å²) in [6, 6.07) is 14.7. The van der Waals surface area contributed by atoms with Crippen molar-refractivity contribution < 1.29 is 28.2 Å². The zero-order valence-electron chi connectivity index (χ0n) is 13.4. The molecule has 0 saturated carbocycles. The number of nitrogens with one attached hydrogen (secondary N) is 1. The van der Waals surface area contributed by atoms with Gasteiger partial charge in [-0.3, -0.25) is 4.79 Å². The lowest BCUT2D eigenvalue weighted by Crippen LogP contribution is -2.11. The van der Waals surface area contributed by atoms with E-state index >= 15 is 0 Å². The Hall–Kier alpha value is -3.61. The number of carbonyl (C=O) groups is 2. The van der Waals surface area contributed by atoms with E-state index in [0.29, 0.717) is 22.8 Å². The van der Waals surface area contributed by atoms with Gasteiger partial charge in [-0.2, -0.15) is 0 Å². The molecular weight excluding hydrogens is 341 g/mol. The zero-order chi connectivity index (χ0) is 18.5. The van der Waals surface area contributed by atoms with Crippen molar-refractivity contribution in [3.05, 3.63) is 83.6 Å². The van der Waals surface area contributed by atoms with Crippen LogP contribution in [-0.2, 0) is 6.61 Å². The third-order valence-electron chi connectivity index (χ3n) is 3.47. The standard InChI is InChI=1S/C19H14FNO5/c20-13-3-5-14(6-4-13)21-18(22)12-1-7-15(8-2-12)25-11-16-9-10-17(26-16)19(23)24/h1-10H,11H2,(H,21,22)(H,23,24). The van der Waals surface area contributed by atoms with Crippen LogP contribution in [0.15, 0.2) is 65.1 Å². The van der Waals surface area contributed by atoms with E-state index in [-0.39, 0.29) is 24.1 Å². The summed E-state index contributed by atoms with van der Waals surface area (Å²) in [5, 5.41) is 11.5. The first-order valence-corrected chi connectivity index (χ1v) is 7.63. The second-order valence-corrected chi connectivity index (χ2v) is 5.35. The van der Waals surface area contributed by atoms with Gasteiger partial charge < -0.3 is 19.6 Å². The molecule has 0 aliphatic heterocycles. The number of ether oxygens (including phenoxy) is 1. The van der Waals surface area contributed by atoms with Crippen LogP contribution in [0.3, 0.4) is 0 Å². The second kappa shape index (κ2) is 7.52. The van der Waals surface area contributed by atoms with Crippen molar-refractivity contribution in [3.63, 3.8) is 0 Å². The van der Waals surface area contributed by atoms with Gasteiger partial charge in [0.25, 0.3) is 5.91 Å². The molecular formula is C19H14FNO5. The molecule has 3 rings (SSSR count). The predicted octanol–water partition coefficient (Wildman–Crippen LogP) is 3.95. The fourth-order valence-electron chi connectivity index (χ4n) is 2.16. The lowest BCUT2D eigenvalue weighted by Gasteiger charge is -2.07. The van der Waals surface area contributed by atoms with Crippen molar-refractivity contribution in [2.24, 2.45) is 0 Å². The van der Waals surface area contributed by atoms with Crippen LogP contribution in [-0.4, -0.2) is 17.0 Å². The van der Waals surface area contributed by atoms with Crippen molar-refractivity contribution in [3.8, 4) is 5.75 Å². The summed E-state index contributed by atoms with van der Waals surface area (Å²) in [6.45, 7) is 0.0639. The molecule has 6 nitrogen and oxygen atoms in total. The van der Waals surface area contributed by atoms with Crippen molar-refractivity contribution in [1.29, 1.82) is 0 Å². The van der Waals surface area contributed by atoms with Gasteiger partial charge in [-0.15, -0.1) is 0 Å². The average Bonchev–Trinajstić information content (AvgIpc) is 3.12. The third-order valence-corrected chi connectivity index (χ3v) is 3.47. The number of carboxylic acid groups (broad SMARTS) is 1. The highest BCUT2D eigenvalue weighted by Gasteiger charge is 2.10. The summed E-state index contributed by atoms with van der Waals surface area (Å²) in [7, 11) is 0. The van der Waals surface area contributed by atoms with E-state index in [1.807, 2.05) is 0 Å². The van der Waals surface area contributed by atoms with Gasteiger partial charge in [-0.1, -0.05) is 0 Å². The molecule has 1 amide bonds. The van der Waals surface area contributed by atoms with E-state index in [1.165, 1.54) is 36.4 Å². The quantitative estimate of drug-likeness (QED) is 0.699. The third kappa shape index (κ3) is 4.27. The molecule has 0 spiro atoms. The van der Waals surface area contributed by atoms with Crippen molar-refractivity contribution in [2.75, 3.05) is 5.32 Å². The van der Waals surface area contributed by atoms with Crippen LogP contribution < -0.4 is 10.1 Å². The van der Waals surface area contributed by atoms with E-state index in [2.05, 4.69) is 5.32 Å². The first-order chi connectivity index (χ1) is 12.5. The Balaban J connectivity index is 1.57. The SMILES string of the molecule is O=C(Nc1ccc(F)cc1)c1ccc(OCc2ccc(C(=O)O)o2)cc1. The highest BCUT2D eigenvalue weighted by molar-refractivity contribution is 6.04. The molecule has 0 radical (unpaired) electrons. The Morgan fingerprint density at radius 3 is 2.31 bits per heavy atom. The molecule has 3 aromatic rings. The maximum atomic E-state index is 12.9. The van der Waals surface area contributed by atoms with Gasteiger partial charge in [-0.05, 0) is 60.7 Å². The Labute approximate surface area is 147 Å². The largest absolute Gasteiger partial charge is 0.486 e. The monoisotopic (exact) mass is 355 g/mol. The number of hydrogen-bond acceptors (Lipinski definition) is 4. The molecule has 0 aliphatic rings. The number of amides is 1. The molecule has 7 heteroatoms. The minimum atomic E-state index is -1.15. The first kappa shape index (κ1) is 17.2. The molecule has 1 aromatic heterocycles. The smallest absolute Gasteiger partial charge is 0.371 e. The first-order valence-electron chi connectivity index (χ1n) is 7.63. The maximum absolute atomic E-state index is 12.9. The van der Waals surface area contributed by atoms with Gasteiger partial charge >= 0.3 is 5.97 Å². The van der Waals surface area contributed by atoms with Crippen LogP contribution in [0.2, 0.25) is 0 Å². The van der Waals surface area contributed by atoms with Crippen LogP contribution in [0.1, 0.15) is 26.7 Å². The minimum Gasteiger partial charge on any atom is -0.486 e. The second-order valence-electron chi connectivity index (χ2n) is 5.35. The Kier molecular flexibility index (Phi) is 4.98. The minimum absolute atomic E-state index is 0.0639. The summed E-state index contributed by atoms with van der Waals surface area (Å²) in [6.07, 6.45) is 0. The molecule has 0 aliphatic carbocycles. The molecule has 1 heterocycles. The summed E-state index contributed by atoms with van der Waals surface area (Å²) in [5.41, 5.74) is 0.900. The van der Waals surface area contributed by atoms with E-state index in [0.717, 1.165) is 0 Å². The van der Waals surface area contributed by atoms with Gasteiger partial charge in [0.15, 0.2) is 0 Å². The fourth-order valence-corrected chi connectivity index (χ4v) is 2.16. The Morgan fingerprint density at radius 2 is 1.69 bits per heavy atom. The van der Waals surface area contributed by atoms with Crippen LogP contribution in [0, 0.1) is 5.82 Å². The molecule has 2 aromatic carbocycles. The summed E-state index contributed by atoms with van der Waals surface area (Å²) >= 11 is 0. The summed E-state index contributed by atoms with van der Waals surface area (Å²) in [5.74, 6) is -1.14. The number of carbonyl (C=O) groups excluding carboxylic acids is 1. The van der Waals surface area contributed by atoms with E-state index in [4.69, 9.17) is 14.3 Å². The highest BCUT2D eigenvalue weighted by atomic mass is 19.1. The number of rotatable bonds is 6. The van der Waals surface area contributed by atoms with E-state index in [1.54, 1.807) is 24.3 Å². The molecule has 132 valence electrons. The number of hydrogen-bond donors (Lipinski definition) is 2. The molecule has 0 atom stereocenters. The number of anilines is 1. The Bertz CT molecular complexity index is 916. The van der Waals surface area contributed by atoms with Crippen molar-refractivity contribution in [1.82, 2.24) is 0 Å². The average molecular weight is 355 g/mol. The van der Waals surface area contributed by atoms with Crippen LogP contribution in [0.25, 0.3) is 0 Å². The highest BCUT2D eigenvalue weighted by Crippen LogP contribution is 2.17. The van der Waals surface area contributed by atoms with Gasteiger partial charge in [-0.25, -0.2) is 9.18 Å². The molecule has 2 N–H and O–H groups in total. The summed E-state index contributed by atoms with van der Waals surface area (Å²) < 4.78 is 23.4. The lowest BCUT2D eigenvalue weighted by molar-refractivity contribution is 0.0658. The topological polar surface area (TPSA) is 88.8 Å². The van der Waals surface area contributed by atoms with Crippen molar-refractivity contribution in [2.45, 2.75) is 6.61 Å². The molecule has 0 bridgehead atoms. The molecule has 26 heavy (non-hydrogen) atoms. The van der Waals surface area contributed by atoms with Gasteiger partial charge in [0.1, 0.15) is 23.9 Å². The molecule has 0 fully saturated rings. The normalized spacial score (nSPS) is 10.3.